The summed E-state index contributed by atoms with van der Waals surface area (Å²) in [7, 11) is 1.36. The molecule has 0 unspecified atom stereocenters. The fraction of sp³-hybridized carbons (Fsp3) is 0.160. The summed E-state index contributed by atoms with van der Waals surface area (Å²) in [5.74, 6) is -0.741. The Bertz CT molecular complexity index is 1340. The number of carbonyl (C=O) groups excluding carboxylic acids is 1. The van der Waals surface area contributed by atoms with E-state index in [9.17, 15) is 14.0 Å². The van der Waals surface area contributed by atoms with Gasteiger partial charge < -0.3 is 4.74 Å². The molecule has 156 valence electrons. The molecule has 0 saturated carbocycles. The van der Waals surface area contributed by atoms with Crippen molar-refractivity contribution in [3.8, 4) is 16.9 Å². The first kappa shape index (κ1) is 20.5. The molecule has 1 heterocycles. The molecule has 0 radical (unpaired) electrons. The van der Waals surface area contributed by atoms with Gasteiger partial charge in [-0.15, -0.1) is 0 Å². The Morgan fingerprint density at radius 3 is 2.32 bits per heavy atom. The van der Waals surface area contributed by atoms with E-state index in [1.54, 1.807) is 26.0 Å². The zero-order valence-corrected chi connectivity index (χ0v) is 17.4. The summed E-state index contributed by atoms with van der Waals surface area (Å²) in [6.45, 7) is 3.59. The Morgan fingerprint density at radius 1 is 0.968 bits per heavy atom. The topological polar surface area (TPSA) is 61.2 Å². The smallest absolute Gasteiger partial charge is 0.315 e. The van der Waals surface area contributed by atoms with Gasteiger partial charge in [-0.2, -0.15) is 9.78 Å². The molecule has 0 aliphatic rings. The molecule has 1 aromatic heterocycles. The number of aromatic nitrogens is 2. The summed E-state index contributed by atoms with van der Waals surface area (Å²) in [4.78, 5) is 25.4. The number of hydrogen-bond acceptors (Lipinski definition) is 4. The van der Waals surface area contributed by atoms with Crippen LogP contribution in [0.2, 0.25) is 0 Å². The zero-order valence-electron chi connectivity index (χ0n) is 17.4. The van der Waals surface area contributed by atoms with Gasteiger partial charge in [0.1, 0.15) is 5.82 Å². The van der Waals surface area contributed by atoms with Crippen molar-refractivity contribution in [1.29, 1.82) is 0 Å². The molecular weight excluding hydrogens is 395 g/mol. The molecule has 3 aromatic carbocycles. The van der Waals surface area contributed by atoms with Gasteiger partial charge in [0.2, 0.25) is 0 Å². The first-order valence-electron chi connectivity index (χ1n) is 9.80. The average molecular weight is 416 g/mol. The molecule has 5 nitrogen and oxygen atoms in total. The fourth-order valence-corrected chi connectivity index (χ4v) is 3.59. The van der Waals surface area contributed by atoms with E-state index in [1.807, 2.05) is 36.4 Å². The van der Waals surface area contributed by atoms with Crippen molar-refractivity contribution in [3.63, 3.8) is 0 Å². The molecule has 31 heavy (non-hydrogen) atoms. The second-order valence-electron chi connectivity index (χ2n) is 7.78. The molecule has 0 N–H and O–H groups in total. The Hall–Kier alpha value is -3.80. The van der Waals surface area contributed by atoms with E-state index in [0.29, 0.717) is 22.2 Å². The van der Waals surface area contributed by atoms with Gasteiger partial charge in [0.15, 0.2) is 0 Å². The van der Waals surface area contributed by atoms with Crippen LogP contribution in [0.15, 0.2) is 77.6 Å². The number of ether oxygens (including phenoxy) is 1. The molecular formula is C25H21FN2O3. The number of nitrogens with zero attached hydrogens (tertiary/aromatic N) is 2. The minimum Gasteiger partial charge on any atom is -0.468 e. The third kappa shape index (κ3) is 3.61. The molecule has 0 spiro atoms. The lowest BCUT2D eigenvalue weighted by molar-refractivity contribution is -0.146. The maximum Gasteiger partial charge on any atom is 0.315 e. The van der Waals surface area contributed by atoms with E-state index in [1.165, 1.54) is 36.1 Å². The number of hydrogen-bond donors (Lipinski definition) is 0. The van der Waals surface area contributed by atoms with Crippen LogP contribution >= 0.6 is 0 Å². The van der Waals surface area contributed by atoms with E-state index in [0.717, 1.165) is 11.1 Å². The lowest BCUT2D eigenvalue weighted by Crippen LogP contribution is -2.30. The van der Waals surface area contributed by atoms with E-state index in [2.05, 4.69) is 5.10 Å². The number of halogens is 1. The number of benzene rings is 3. The number of rotatable bonds is 4. The van der Waals surface area contributed by atoms with Gasteiger partial charge in [-0.05, 0) is 55.8 Å². The van der Waals surface area contributed by atoms with Crippen molar-refractivity contribution in [3.05, 3.63) is 94.5 Å². The lowest BCUT2D eigenvalue weighted by Gasteiger charge is -2.22. The molecule has 0 amide bonds. The molecule has 0 saturated heterocycles. The molecule has 4 aromatic rings. The molecule has 4 rings (SSSR count). The maximum atomic E-state index is 13.4. The molecule has 6 heteroatoms. The maximum absolute atomic E-state index is 13.4. The van der Waals surface area contributed by atoms with Gasteiger partial charge in [-0.3, -0.25) is 9.59 Å². The van der Waals surface area contributed by atoms with Crippen LogP contribution in [0.25, 0.3) is 27.7 Å². The van der Waals surface area contributed by atoms with Crippen LogP contribution in [0.3, 0.4) is 0 Å². The first-order valence-corrected chi connectivity index (χ1v) is 9.80. The average Bonchev–Trinajstić information content (AvgIpc) is 2.79. The van der Waals surface area contributed by atoms with Crippen LogP contribution in [-0.4, -0.2) is 22.9 Å². The third-order valence-electron chi connectivity index (χ3n) is 5.43. The van der Waals surface area contributed by atoms with Crippen molar-refractivity contribution in [2.45, 2.75) is 19.3 Å². The van der Waals surface area contributed by atoms with Crippen molar-refractivity contribution >= 4 is 16.7 Å². The van der Waals surface area contributed by atoms with E-state index in [-0.39, 0.29) is 11.5 Å². The number of carbonyl (C=O) groups is 1. The van der Waals surface area contributed by atoms with Gasteiger partial charge in [0.05, 0.1) is 29.3 Å². The summed E-state index contributed by atoms with van der Waals surface area (Å²) in [6, 6.07) is 20.3. The number of fused-ring (bicyclic) bond motifs is 1. The van der Waals surface area contributed by atoms with Gasteiger partial charge in [-0.25, -0.2) is 4.39 Å². The molecule has 0 bridgehead atoms. The van der Waals surface area contributed by atoms with Crippen LogP contribution < -0.4 is 5.56 Å². The summed E-state index contributed by atoms with van der Waals surface area (Å²) < 4.78 is 19.6. The van der Waals surface area contributed by atoms with E-state index >= 15 is 0 Å². The largest absolute Gasteiger partial charge is 0.468 e. The van der Waals surface area contributed by atoms with Gasteiger partial charge >= 0.3 is 5.97 Å². The molecule has 0 aliphatic carbocycles. The summed E-state index contributed by atoms with van der Waals surface area (Å²) >= 11 is 0. The summed E-state index contributed by atoms with van der Waals surface area (Å²) in [6.07, 6.45) is 0. The minimum atomic E-state index is -0.855. The third-order valence-corrected chi connectivity index (χ3v) is 5.43. The SMILES string of the molecule is COC(=O)C(C)(C)c1cccc(-c2nn(-c3ccc(F)cc3)c(=O)c3ccccc23)c1. The van der Waals surface area contributed by atoms with Crippen molar-refractivity contribution in [2.75, 3.05) is 7.11 Å². The van der Waals surface area contributed by atoms with E-state index < -0.39 is 11.2 Å². The first-order chi connectivity index (χ1) is 14.8. The second kappa shape index (κ2) is 7.80. The minimum absolute atomic E-state index is 0.294. The highest BCUT2D eigenvalue weighted by Crippen LogP contribution is 2.31. The number of esters is 1. The van der Waals surface area contributed by atoms with Crippen molar-refractivity contribution in [2.24, 2.45) is 0 Å². The molecule has 0 fully saturated rings. The Morgan fingerprint density at radius 2 is 1.65 bits per heavy atom. The van der Waals surface area contributed by atoms with Crippen LogP contribution in [0.5, 0.6) is 0 Å². The van der Waals surface area contributed by atoms with Gasteiger partial charge in [0.25, 0.3) is 5.56 Å². The van der Waals surface area contributed by atoms with Crippen molar-refractivity contribution in [1.82, 2.24) is 9.78 Å². The quantitative estimate of drug-likeness (QED) is 0.455. The standard InChI is InChI=1S/C25H21FN2O3/c1-25(2,24(30)31-3)17-8-6-7-16(15-17)22-20-9-4-5-10-21(20)23(29)28(27-22)19-13-11-18(26)12-14-19/h4-15H,1-3H3. The molecule has 0 atom stereocenters. The van der Waals surface area contributed by atoms with Gasteiger partial charge in [0, 0.05) is 10.9 Å². The number of methoxy groups -OCH3 is 1. The van der Waals surface area contributed by atoms with Crippen LogP contribution in [-0.2, 0) is 14.9 Å². The lowest BCUT2D eigenvalue weighted by atomic mass is 9.83. The van der Waals surface area contributed by atoms with Gasteiger partial charge in [-0.1, -0.05) is 36.4 Å². The second-order valence-corrected chi connectivity index (χ2v) is 7.78. The Kier molecular flexibility index (Phi) is 5.15. The highest BCUT2D eigenvalue weighted by atomic mass is 19.1. The van der Waals surface area contributed by atoms with Crippen LogP contribution in [0.4, 0.5) is 4.39 Å². The van der Waals surface area contributed by atoms with Crippen LogP contribution in [0, 0.1) is 5.82 Å². The summed E-state index contributed by atoms with van der Waals surface area (Å²) in [5, 5.41) is 5.81. The highest BCUT2D eigenvalue weighted by Gasteiger charge is 2.31. The Labute approximate surface area is 178 Å². The fourth-order valence-electron chi connectivity index (χ4n) is 3.59. The van der Waals surface area contributed by atoms with Crippen LogP contribution in [0.1, 0.15) is 19.4 Å². The predicted molar refractivity (Wildman–Crippen MR) is 118 cm³/mol. The van der Waals surface area contributed by atoms with E-state index in [4.69, 9.17) is 4.74 Å². The monoisotopic (exact) mass is 416 g/mol. The molecule has 0 aliphatic heterocycles. The Balaban J connectivity index is 1.97. The normalized spacial score (nSPS) is 11.5. The zero-order chi connectivity index (χ0) is 22.2. The summed E-state index contributed by atoms with van der Waals surface area (Å²) in [5.41, 5.74) is 1.42. The van der Waals surface area contributed by atoms with Crippen molar-refractivity contribution < 1.29 is 13.9 Å². The predicted octanol–water partition coefficient (Wildman–Crippen LogP) is 4.64. The highest BCUT2D eigenvalue weighted by molar-refractivity contribution is 5.94.